The van der Waals surface area contributed by atoms with E-state index in [1.807, 2.05) is 0 Å². The molecular formula is C12H26N2. The van der Waals surface area contributed by atoms with Gasteiger partial charge in [-0.3, -0.25) is 0 Å². The highest BCUT2D eigenvalue weighted by Crippen LogP contribution is 2.20. The second kappa shape index (κ2) is 6.41. The fraction of sp³-hybridized carbons (Fsp3) is 1.00. The molecule has 0 radical (unpaired) electrons. The van der Waals surface area contributed by atoms with E-state index in [9.17, 15) is 0 Å². The van der Waals surface area contributed by atoms with Gasteiger partial charge in [0.25, 0.3) is 0 Å². The normalized spacial score (nSPS) is 26.4. The van der Waals surface area contributed by atoms with Crippen LogP contribution < -0.4 is 5.73 Å². The summed E-state index contributed by atoms with van der Waals surface area (Å²) in [5.41, 5.74) is 5.75. The van der Waals surface area contributed by atoms with Gasteiger partial charge in [-0.25, -0.2) is 0 Å². The molecule has 0 bridgehead atoms. The first-order valence-electron chi connectivity index (χ1n) is 6.25. The van der Waals surface area contributed by atoms with Crippen LogP contribution in [0, 0.1) is 5.92 Å². The zero-order valence-corrected chi connectivity index (χ0v) is 9.84. The van der Waals surface area contributed by atoms with Gasteiger partial charge in [-0.05, 0) is 44.7 Å². The van der Waals surface area contributed by atoms with E-state index in [2.05, 4.69) is 18.7 Å². The Kier molecular flexibility index (Phi) is 5.49. The van der Waals surface area contributed by atoms with Gasteiger partial charge >= 0.3 is 0 Å². The molecule has 1 fully saturated rings. The smallest absolute Gasteiger partial charge is 0.00926 e. The molecule has 2 nitrogen and oxygen atoms in total. The Morgan fingerprint density at radius 2 is 2.21 bits per heavy atom. The van der Waals surface area contributed by atoms with Crippen molar-refractivity contribution in [2.45, 2.75) is 52.0 Å². The third-order valence-electron chi connectivity index (χ3n) is 3.49. The quantitative estimate of drug-likeness (QED) is 0.734. The molecule has 1 aliphatic heterocycles. The van der Waals surface area contributed by atoms with Crippen LogP contribution in [0.3, 0.4) is 0 Å². The molecule has 1 heterocycles. The summed E-state index contributed by atoms with van der Waals surface area (Å²) in [5, 5.41) is 0. The molecule has 1 saturated heterocycles. The van der Waals surface area contributed by atoms with E-state index in [-0.39, 0.29) is 0 Å². The summed E-state index contributed by atoms with van der Waals surface area (Å²) in [6.45, 7) is 8.02. The van der Waals surface area contributed by atoms with Gasteiger partial charge in [0.15, 0.2) is 0 Å². The van der Waals surface area contributed by atoms with Crippen LogP contribution >= 0.6 is 0 Å². The third-order valence-corrected chi connectivity index (χ3v) is 3.49. The fourth-order valence-corrected chi connectivity index (χ4v) is 2.60. The summed E-state index contributed by atoms with van der Waals surface area (Å²) >= 11 is 0. The summed E-state index contributed by atoms with van der Waals surface area (Å²) in [5.74, 6) is 0.759. The van der Waals surface area contributed by atoms with Gasteiger partial charge in [-0.15, -0.1) is 0 Å². The standard InChI is InChI=1S/C12H26N2/c1-3-6-12(4-2)14-8-5-7-11(9-13)10-14/h11-12H,3-10,13H2,1-2H3. The molecule has 0 aromatic rings. The van der Waals surface area contributed by atoms with Gasteiger partial charge in [0, 0.05) is 12.6 Å². The first-order valence-corrected chi connectivity index (χ1v) is 6.25. The van der Waals surface area contributed by atoms with E-state index in [1.165, 1.54) is 45.2 Å². The maximum absolute atomic E-state index is 5.75. The maximum Gasteiger partial charge on any atom is 0.00926 e. The van der Waals surface area contributed by atoms with Crippen molar-refractivity contribution in [2.75, 3.05) is 19.6 Å². The molecule has 84 valence electrons. The fourth-order valence-electron chi connectivity index (χ4n) is 2.60. The number of nitrogens with two attached hydrogens (primary N) is 1. The lowest BCUT2D eigenvalue weighted by Crippen LogP contribution is -2.44. The second-order valence-corrected chi connectivity index (χ2v) is 4.59. The van der Waals surface area contributed by atoms with Gasteiger partial charge < -0.3 is 10.6 Å². The molecule has 0 aromatic heterocycles. The average Bonchev–Trinajstić information content (AvgIpc) is 2.26. The van der Waals surface area contributed by atoms with Crippen molar-refractivity contribution >= 4 is 0 Å². The molecular weight excluding hydrogens is 172 g/mol. The summed E-state index contributed by atoms with van der Waals surface area (Å²) in [4.78, 5) is 2.67. The molecule has 2 atom stereocenters. The Morgan fingerprint density at radius 3 is 2.79 bits per heavy atom. The van der Waals surface area contributed by atoms with Gasteiger partial charge in [-0.2, -0.15) is 0 Å². The van der Waals surface area contributed by atoms with E-state index in [1.54, 1.807) is 0 Å². The van der Waals surface area contributed by atoms with Gasteiger partial charge in [-0.1, -0.05) is 20.3 Å². The van der Waals surface area contributed by atoms with Crippen molar-refractivity contribution in [3.63, 3.8) is 0 Å². The van der Waals surface area contributed by atoms with Crippen LogP contribution in [0.1, 0.15) is 46.0 Å². The Bertz CT molecular complexity index is 147. The molecule has 0 aliphatic carbocycles. The largest absolute Gasteiger partial charge is 0.330 e. The molecule has 1 aliphatic rings. The number of nitrogens with zero attached hydrogens (tertiary/aromatic N) is 1. The van der Waals surface area contributed by atoms with Crippen molar-refractivity contribution in [3.8, 4) is 0 Å². The second-order valence-electron chi connectivity index (χ2n) is 4.59. The first-order chi connectivity index (χ1) is 6.81. The van der Waals surface area contributed by atoms with Crippen LogP contribution in [0.4, 0.5) is 0 Å². The Hall–Kier alpha value is -0.0800. The van der Waals surface area contributed by atoms with Gasteiger partial charge in [0.2, 0.25) is 0 Å². The molecule has 2 unspecified atom stereocenters. The number of likely N-dealkylation sites (tertiary alicyclic amines) is 1. The molecule has 14 heavy (non-hydrogen) atoms. The van der Waals surface area contributed by atoms with Crippen molar-refractivity contribution in [2.24, 2.45) is 11.7 Å². The molecule has 0 aromatic carbocycles. The summed E-state index contributed by atoms with van der Waals surface area (Å²) in [6, 6.07) is 0.814. The van der Waals surface area contributed by atoms with E-state index < -0.39 is 0 Å². The Balaban J connectivity index is 2.40. The van der Waals surface area contributed by atoms with E-state index >= 15 is 0 Å². The molecule has 2 heteroatoms. The topological polar surface area (TPSA) is 29.3 Å². The van der Waals surface area contributed by atoms with Crippen LogP contribution in [0.25, 0.3) is 0 Å². The highest BCUT2D eigenvalue weighted by atomic mass is 15.2. The Labute approximate surface area is 88.8 Å². The molecule has 2 N–H and O–H groups in total. The van der Waals surface area contributed by atoms with E-state index in [0.717, 1.165) is 18.5 Å². The number of hydrogen-bond donors (Lipinski definition) is 1. The van der Waals surface area contributed by atoms with E-state index in [0.29, 0.717) is 0 Å². The zero-order valence-electron chi connectivity index (χ0n) is 9.84. The van der Waals surface area contributed by atoms with E-state index in [4.69, 9.17) is 5.73 Å². The van der Waals surface area contributed by atoms with Crippen LogP contribution in [-0.4, -0.2) is 30.6 Å². The number of hydrogen-bond acceptors (Lipinski definition) is 2. The first kappa shape index (κ1) is 12.0. The van der Waals surface area contributed by atoms with Crippen LogP contribution in [0.15, 0.2) is 0 Å². The lowest BCUT2D eigenvalue weighted by molar-refractivity contribution is 0.116. The van der Waals surface area contributed by atoms with Crippen LogP contribution in [0.2, 0.25) is 0 Å². The minimum atomic E-state index is 0.759. The highest BCUT2D eigenvalue weighted by molar-refractivity contribution is 4.78. The third kappa shape index (κ3) is 3.25. The monoisotopic (exact) mass is 198 g/mol. The lowest BCUT2D eigenvalue weighted by atomic mass is 9.95. The molecule has 0 amide bonds. The lowest BCUT2D eigenvalue weighted by Gasteiger charge is -2.37. The van der Waals surface area contributed by atoms with Crippen molar-refractivity contribution in [3.05, 3.63) is 0 Å². The predicted molar refractivity (Wildman–Crippen MR) is 62.3 cm³/mol. The minimum absolute atomic E-state index is 0.759. The Morgan fingerprint density at radius 1 is 1.43 bits per heavy atom. The molecule has 1 rings (SSSR count). The van der Waals surface area contributed by atoms with Gasteiger partial charge in [0.1, 0.15) is 0 Å². The predicted octanol–water partition coefficient (Wildman–Crippen LogP) is 2.24. The van der Waals surface area contributed by atoms with Crippen molar-refractivity contribution < 1.29 is 0 Å². The summed E-state index contributed by atoms with van der Waals surface area (Å²) < 4.78 is 0. The van der Waals surface area contributed by atoms with Gasteiger partial charge in [0.05, 0.1) is 0 Å². The van der Waals surface area contributed by atoms with Crippen molar-refractivity contribution in [1.29, 1.82) is 0 Å². The number of rotatable bonds is 5. The SMILES string of the molecule is CCCC(CC)N1CCCC(CN)C1. The molecule has 0 spiro atoms. The van der Waals surface area contributed by atoms with Crippen LogP contribution in [0.5, 0.6) is 0 Å². The summed E-state index contributed by atoms with van der Waals surface area (Å²) in [7, 11) is 0. The van der Waals surface area contributed by atoms with Crippen LogP contribution in [-0.2, 0) is 0 Å². The minimum Gasteiger partial charge on any atom is -0.330 e. The average molecular weight is 198 g/mol. The maximum atomic E-state index is 5.75. The van der Waals surface area contributed by atoms with Crippen molar-refractivity contribution in [1.82, 2.24) is 4.90 Å². The highest BCUT2D eigenvalue weighted by Gasteiger charge is 2.23. The summed E-state index contributed by atoms with van der Waals surface area (Å²) in [6.07, 6.45) is 6.65. The molecule has 0 saturated carbocycles. The number of piperidine rings is 1. The zero-order chi connectivity index (χ0) is 10.4.